The lowest BCUT2D eigenvalue weighted by molar-refractivity contribution is -0.135. The maximum absolute atomic E-state index is 12.3. The van der Waals surface area contributed by atoms with Gasteiger partial charge in [0, 0.05) is 32.2 Å². The molecule has 1 heterocycles. The molecule has 1 aromatic rings. The van der Waals surface area contributed by atoms with Gasteiger partial charge in [0.1, 0.15) is 5.75 Å². The van der Waals surface area contributed by atoms with Crippen LogP contribution >= 0.6 is 0 Å². The minimum absolute atomic E-state index is 0.102. The Balaban J connectivity index is 1.42. The molecule has 0 N–H and O–H groups in total. The normalized spacial score (nSPS) is 26.0. The van der Waals surface area contributed by atoms with Gasteiger partial charge in [-0.15, -0.1) is 0 Å². The number of ether oxygens (including phenoxy) is 1. The van der Waals surface area contributed by atoms with Gasteiger partial charge in [0.25, 0.3) is 5.91 Å². The Morgan fingerprint density at radius 1 is 1.13 bits per heavy atom. The summed E-state index contributed by atoms with van der Waals surface area (Å²) in [7, 11) is 0. The lowest BCUT2D eigenvalue weighted by Crippen LogP contribution is -2.53. The first-order valence-corrected chi connectivity index (χ1v) is 8.92. The molecule has 1 aliphatic heterocycles. The Bertz CT molecular complexity index is 497. The monoisotopic (exact) mass is 316 g/mol. The van der Waals surface area contributed by atoms with Crippen LogP contribution < -0.4 is 4.74 Å². The second-order valence-corrected chi connectivity index (χ2v) is 6.94. The first kappa shape index (κ1) is 16.3. The average Bonchev–Trinajstić information content (AvgIpc) is 2.61. The average molecular weight is 316 g/mol. The lowest BCUT2D eigenvalue weighted by atomic mass is 9.86. The van der Waals surface area contributed by atoms with E-state index in [1.807, 2.05) is 35.2 Å². The van der Waals surface area contributed by atoms with Crippen LogP contribution in [-0.4, -0.2) is 54.5 Å². The topological polar surface area (TPSA) is 32.8 Å². The molecule has 4 heteroatoms. The van der Waals surface area contributed by atoms with E-state index in [9.17, 15) is 4.79 Å². The third-order valence-corrected chi connectivity index (χ3v) is 5.20. The van der Waals surface area contributed by atoms with Crippen molar-refractivity contribution in [3.63, 3.8) is 0 Å². The fourth-order valence-electron chi connectivity index (χ4n) is 3.82. The van der Waals surface area contributed by atoms with E-state index in [0.717, 1.165) is 43.9 Å². The number of benzene rings is 1. The van der Waals surface area contributed by atoms with Gasteiger partial charge in [0.2, 0.25) is 0 Å². The van der Waals surface area contributed by atoms with E-state index in [4.69, 9.17) is 4.74 Å². The summed E-state index contributed by atoms with van der Waals surface area (Å²) in [5, 5.41) is 0. The zero-order chi connectivity index (χ0) is 16.1. The van der Waals surface area contributed by atoms with Gasteiger partial charge < -0.3 is 9.64 Å². The lowest BCUT2D eigenvalue weighted by Gasteiger charge is -2.42. The second kappa shape index (κ2) is 7.82. The molecule has 0 radical (unpaired) electrons. The number of rotatable bonds is 4. The molecule has 1 amide bonds. The van der Waals surface area contributed by atoms with E-state index in [1.165, 1.54) is 25.7 Å². The summed E-state index contributed by atoms with van der Waals surface area (Å²) in [5.41, 5.74) is 0. The fraction of sp³-hybridized carbons (Fsp3) is 0.632. The Labute approximate surface area is 139 Å². The Morgan fingerprint density at radius 3 is 2.57 bits per heavy atom. The highest BCUT2D eigenvalue weighted by Crippen LogP contribution is 2.27. The molecule has 0 unspecified atom stereocenters. The highest BCUT2D eigenvalue weighted by atomic mass is 16.5. The molecule has 1 aliphatic carbocycles. The van der Waals surface area contributed by atoms with Gasteiger partial charge >= 0.3 is 0 Å². The van der Waals surface area contributed by atoms with Crippen LogP contribution in [0.25, 0.3) is 0 Å². The van der Waals surface area contributed by atoms with Crippen LogP contribution in [0.4, 0.5) is 0 Å². The standard InChI is InChI=1S/C19H28N2O2/c1-16-6-5-7-17(14-16)20-10-12-21(13-11-20)19(22)15-23-18-8-3-2-4-9-18/h2-4,8-9,16-17H,5-7,10-15H2,1H3/t16-,17+/m0/s1. The molecule has 2 fully saturated rings. The molecule has 23 heavy (non-hydrogen) atoms. The van der Waals surface area contributed by atoms with Crippen molar-refractivity contribution in [3.8, 4) is 5.75 Å². The van der Waals surface area contributed by atoms with Crippen molar-refractivity contribution in [3.05, 3.63) is 30.3 Å². The quantitative estimate of drug-likeness (QED) is 0.856. The highest BCUT2D eigenvalue weighted by Gasteiger charge is 2.28. The van der Waals surface area contributed by atoms with Gasteiger partial charge in [-0.2, -0.15) is 0 Å². The van der Waals surface area contributed by atoms with Crippen molar-refractivity contribution in [1.29, 1.82) is 0 Å². The highest BCUT2D eigenvalue weighted by molar-refractivity contribution is 5.77. The van der Waals surface area contributed by atoms with Crippen molar-refractivity contribution in [2.24, 2.45) is 5.92 Å². The number of piperazine rings is 1. The van der Waals surface area contributed by atoms with Gasteiger partial charge in [-0.1, -0.05) is 38.0 Å². The zero-order valence-electron chi connectivity index (χ0n) is 14.1. The molecule has 126 valence electrons. The molecule has 1 saturated carbocycles. The van der Waals surface area contributed by atoms with Crippen molar-refractivity contribution in [2.75, 3.05) is 32.8 Å². The number of hydrogen-bond acceptors (Lipinski definition) is 3. The number of hydrogen-bond donors (Lipinski definition) is 0. The van der Waals surface area contributed by atoms with Crippen LogP contribution in [0.15, 0.2) is 30.3 Å². The maximum Gasteiger partial charge on any atom is 0.260 e. The molecule has 2 atom stereocenters. The third kappa shape index (κ3) is 4.47. The molecular formula is C19H28N2O2. The van der Waals surface area contributed by atoms with Crippen LogP contribution in [0.3, 0.4) is 0 Å². The van der Waals surface area contributed by atoms with Gasteiger partial charge in [-0.05, 0) is 30.9 Å². The van der Waals surface area contributed by atoms with Crippen molar-refractivity contribution < 1.29 is 9.53 Å². The van der Waals surface area contributed by atoms with Gasteiger partial charge in [-0.3, -0.25) is 9.69 Å². The molecule has 1 aromatic carbocycles. The van der Waals surface area contributed by atoms with E-state index in [0.29, 0.717) is 0 Å². The summed E-state index contributed by atoms with van der Waals surface area (Å²) in [6.07, 6.45) is 5.39. The number of nitrogens with zero attached hydrogens (tertiary/aromatic N) is 2. The van der Waals surface area contributed by atoms with Gasteiger partial charge in [0.05, 0.1) is 0 Å². The number of para-hydroxylation sites is 1. The molecule has 0 aromatic heterocycles. The van der Waals surface area contributed by atoms with Crippen LogP contribution in [0.5, 0.6) is 5.75 Å². The van der Waals surface area contributed by atoms with E-state index >= 15 is 0 Å². The van der Waals surface area contributed by atoms with Crippen molar-refractivity contribution in [1.82, 2.24) is 9.80 Å². The second-order valence-electron chi connectivity index (χ2n) is 6.94. The molecule has 0 spiro atoms. The van der Waals surface area contributed by atoms with E-state index in [1.54, 1.807) is 0 Å². The Hall–Kier alpha value is -1.55. The van der Waals surface area contributed by atoms with Crippen LogP contribution in [0, 0.1) is 5.92 Å². The Kier molecular flexibility index (Phi) is 5.55. The fourth-order valence-corrected chi connectivity index (χ4v) is 3.82. The largest absolute Gasteiger partial charge is 0.484 e. The zero-order valence-corrected chi connectivity index (χ0v) is 14.1. The number of amides is 1. The first-order chi connectivity index (χ1) is 11.2. The predicted molar refractivity (Wildman–Crippen MR) is 91.5 cm³/mol. The molecule has 3 rings (SSSR count). The minimum atomic E-state index is 0.102. The van der Waals surface area contributed by atoms with Crippen LogP contribution in [0.2, 0.25) is 0 Å². The minimum Gasteiger partial charge on any atom is -0.484 e. The Morgan fingerprint density at radius 2 is 1.87 bits per heavy atom. The summed E-state index contributed by atoms with van der Waals surface area (Å²) in [4.78, 5) is 16.8. The summed E-state index contributed by atoms with van der Waals surface area (Å²) in [6.45, 7) is 6.20. The smallest absolute Gasteiger partial charge is 0.260 e. The maximum atomic E-state index is 12.3. The molecule has 1 saturated heterocycles. The van der Waals surface area contributed by atoms with Crippen molar-refractivity contribution >= 4 is 5.91 Å². The predicted octanol–water partition coefficient (Wildman–Crippen LogP) is 2.79. The summed E-state index contributed by atoms with van der Waals surface area (Å²) < 4.78 is 5.57. The molecule has 0 bridgehead atoms. The van der Waals surface area contributed by atoms with Crippen molar-refractivity contribution in [2.45, 2.75) is 38.6 Å². The van der Waals surface area contributed by atoms with E-state index in [-0.39, 0.29) is 12.5 Å². The third-order valence-electron chi connectivity index (χ3n) is 5.20. The number of carbonyl (C=O) groups is 1. The van der Waals surface area contributed by atoms with E-state index < -0.39 is 0 Å². The molecular weight excluding hydrogens is 288 g/mol. The number of carbonyl (C=O) groups excluding carboxylic acids is 1. The van der Waals surface area contributed by atoms with Crippen LogP contribution in [0.1, 0.15) is 32.6 Å². The van der Waals surface area contributed by atoms with E-state index in [2.05, 4.69) is 11.8 Å². The SMILES string of the molecule is C[C@H]1CCC[C@@H](N2CCN(C(=O)COc3ccccc3)CC2)C1. The summed E-state index contributed by atoms with van der Waals surface area (Å²) in [5.74, 6) is 1.72. The van der Waals surface area contributed by atoms with Gasteiger partial charge in [-0.25, -0.2) is 0 Å². The summed E-state index contributed by atoms with van der Waals surface area (Å²) >= 11 is 0. The van der Waals surface area contributed by atoms with Gasteiger partial charge in [0.15, 0.2) is 6.61 Å². The molecule has 4 nitrogen and oxygen atoms in total. The van der Waals surface area contributed by atoms with Crippen LogP contribution in [-0.2, 0) is 4.79 Å². The summed E-state index contributed by atoms with van der Waals surface area (Å²) in [6, 6.07) is 10.3. The first-order valence-electron chi connectivity index (χ1n) is 8.92. The molecule has 2 aliphatic rings.